The summed E-state index contributed by atoms with van der Waals surface area (Å²) in [5.41, 5.74) is 0.298. The van der Waals surface area contributed by atoms with Gasteiger partial charge in [-0.05, 0) is 51.0 Å². The van der Waals surface area contributed by atoms with Crippen molar-refractivity contribution < 1.29 is 23.9 Å². The van der Waals surface area contributed by atoms with Gasteiger partial charge in [0.25, 0.3) is 0 Å². The lowest BCUT2D eigenvalue weighted by Crippen LogP contribution is -2.35. The smallest absolute Gasteiger partial charge is 0.407 e. The van der Waals surface area contributed by atoms with Crippen molar-refractivity contribution in [2.45, 2.75) is 39.2 Å². The van der Waals surface area contributed by atoms with Crippen molar-refractivity contribution >= 4 is 24.0 Å². The highest BCUT2D eigenvalue weighted by Crippen LogP contribution is 2.13. The zero-order valence-electron chi connectivity index (χ0n) is 17.5. The van der Waals surface area contributed by atoms with Crippen LogP contribution >= 0.6 is 0 Å². The maximum atomic E-state index is 11.8. The van der Waals surface area contributed by atoms with Crippen LogP contribution in [0.5, 0.6) is 5.75 Å². The molecule has 0 heterocycles. The lowest BCUT2D eigenvalue weighted by Gasteiger charge is -2.19. The molecular weight excluding hydrogens is 374 g/mol. The SMILES string of the molecule is COc1cccc(/C=C/C(=O)NCCCNC(=O)CCNC(=O)OC(C)(C)C)c1. The monoisotopic (exact) mass is 405 g/mol. The van der Waals surface area contributed by atoms with Gasteiger partial charge in [-0.3, -0.25) is 9.59 Å². The molecule has 0 aliphatic heterocycles. The highest BCUT2D eigenvalue weighted by Gasteiger charge is 2.15. The average Bonchev–Trinajstić information content (AvgIpc) is 2.64. The number of carbonyl (C=O) groups is 3. The molecule has 0 spiro atoms. The van der Waals surface area contributed by atoms with Crippen molar-refractivity contribution in [3.05, 3.63) is 35.9 Å². The van der Waals surface area contributed by atoms with E-state index in [-0.39, 0.29) is 24.8 Å². The van der Waals surface area contributed by atoms with Crippen molar-refractivity contribution in [2.24, 2.45) is 0 Å². The topological polar surface area (TPSA) is 106 Å². The minimum atomic E-state index is -0.570. The van der Waals surface area contributed by atoms with Crippen LogP contribution in [0.2, 0.25) is 0 Å². The molecule has 0 saturated heterocycles. The first-order chi connectivity index (χ1) is 13.7. The van der Waals surface area contributed by atoms with Crippen LogP contribution in [0.15, 0.2) is 30.3 Å². The molecule has 3 N–H and O–H groups in total. The fourth-order valence-corrected chi connectivity index (χ4v) is 2.18. The summed E-state index contributed by atoms with van der Waals surface area (Å²) >= 11 is 0. The molecule has 0 saturated carbocycles. The number of methoxy groups -OCH3 is 1. The van der Waals surface area contributed by atoms with Crippen LogP contribution in [0, 0.1) is 0 Å². The van der Waals surface area contributed by atoms with Gasteiger partial charge in [0, 0.05) is 32.1 Å². The molecule has 1 aromatic rings. The Bertz CT molecular complexity index is 711. The largest absolute Gasteiger partial charge is 0.497 e. The van der Waals surface area contributed by atoms with Crippen molar-refractivity contribution in [3.8, 4) is 5.75 Å². The van der Waals surface area contributed by atoms with Gasteiger partial charge in [0.1, 0.15) is 11.4 Å². The molecule has 160 valence electrons. The molecule has 1 rings (SSSR count). The molecule has 29 heavy (non-hydrogen) atoms. The summed E-state index contributed by atoms with van der Waals surface area (Å²) in [6.45, 7) is 6.39. The molecule has 8 nitrogen and oxygen atoms in total. The van der Waals surface area contributed by atoms with E-state index in [0.29, 0.717) is 19.5 Å². The first-order valence-electron chi connectivity index (χ1n) is 9.53. The van der Waals surface area contributed by atoms with E-state index in [4.69, 9.17) is 9.47 Å². The lowest BCUT2D eigenvalue weighted by atomic mass is 10.2. The first kappa shape index (κ1) is 24.0. The molecule has 1 aromatic carbocycles. The number of benzene rings is 1. The molecule has 0 unspecified atom stereocenters. The number of amides is 3. The van der Waals surface area contributed by atoms with Crippen molar-refractivity contribution in [1.82, 2.24) is 16.0 Å². The summed E-state index contributed by atoms with van der Waals surface area (Å²) in [7, 11) is 1.59. The molecule has 0 bridgehead atoms. The molecular formula is C21H31N3O5. The Balaban J connectivity index is 2.12. The highest BCUT2D eigenvalue weighted by atomic mass is 16.6. The zero-order chi connectivity index (χ0) is 21.7. The number of carbonyl (C=O) groups excluding carboxylic acids is 3. The van der Waals surface area contributed by atoms with Gasteiger partial charge in [0.05, 0.1) is 7.11 Å². The van der Waals surface area contributed by atoms with Crippen LogP contribution in [0.25, 0.3) is 6.08 Å². The van der Waals surface area contributed by atoms with E-state index in [0.717, 1.165) is 11.3 Å². The predicted octanol–water partition coefficient (Wildman–Crippen LogP) is 2.25. The molecule has 0 fully saturated rings. The van der Waals surface area contributed by atoms with Crippen LogP contribution in [0.3, 0.4) is 0 Å². The van der Waals surface area contributed by atoms with Crippen LogP contribution < -0.4 is 20.7 Å². The molecule has 3 amide bonds. The van der Waals surface area contributed by atoms with Crippen molar-refractivity contribution in [2.75, 3.05) is 26.7 Å². The molecule has 0 aromatic heterocycles. The summed E-state index contributed by atoms with van der Waals surface area (Å²) in [6.07, 6.45) is 3.38. The third-order valence-corrected chi connectivity index (χ3v) is 3.52. The van der Waals surface area contributed by atoms with E-state index in [1.165, 1.54) is 6.08 Å². The molecule has 0 aliphatic rings. The summed E-state index contributed by atoms with van der Waals surface area (Å²) in [4.78, 5) is 35.0. The maximum Gasteiger partial charge on any atom is 0.407 e. The van der Waals surface area contributed by atoms with Gasteiger partial charge in [-0.15, -0.1) is 0 Å². The second-order valence-electron chi connectivity index (χ2n) is 7.28. The van der Waals surface area contributed by atoms with Gasteiger partial charge >= 0.3 is 6.09 Å². The van der Waals surface area contributed by atoms with Gasteiger partial charge < -0.3 is 25.4 Å². The second-order valence-corrected chi connectivity index (χ2v) is 7.28. The van der Waals surface area contributed by atoms with Crippen LogP contribution in [-0.2, 0) is 14.3 Å². The Labute approximate surface area is 172 Å². The van der Waals surface area contributed by atoms with E-state index >= 15 is 0 Å². The summed E-state index contributed by atoms with van der Waals surface area (Å²) in [6, 6.07) is 7.39. The number of hydrogen-bond donors (Lipinski definition) is 3. The van der Waals surface area contributed by atoms with Gasteiger partial charge in [0.15, 0.2) is 0 Å². The predicted molar refractivity (Wildman–Crippen MR) is 112 cm³/mol. The molecule has 0 atom stereocenters. The fraction of sp³-hybridized carbons (Fsp3) is 0.476. The van der Waals surface area contributed by atoms with E-state index in [1.54, 1.807) is 34.0 Å². The number of nitrogens with one attached hydrogen (secondary N) is 3. The minimum Gasteiger partial charge on any atom is -0.497 e. The second kappa shape index (κ2) is 12.4. The summed E-state index contributed by atoms with van der Waals surface area (Å²) in [5, 5.41) is 8.01. The third-order valence-electron chi connectivity index (χ3n) is 3.52. The molecule has 0 aliphatic carbocycles. The van der Waals surface area contributed by atoms with E-state index < -0.39 is 11.7 Å². The van der Waals surface area contributed by atoms with Crippen LogP contribution in [0.4, 0.5) is 4.79 Å². The van der Waals surface area contributed by atoms with E-state index in [1.807, 2.05) is 24.3 Å². The number of alkyl carbamates (subject to hydrolysis) is 1. The van der Waals surface area contributed by atoms with Crippen molar-refractivity contribution in [1.29, 1.82) is 0 Å². The summed E-state index contributed by atoms with van der Waals surface area (Å²) < 4.78 is 10.2. The normalized spacial score (nSPS) is 11.0. The summed E-state index contributed by atoms with van der Waals surface area (Å²) in [5.74, 6) is 0.343. The Morgan fingerprint density at radius 2 is 1.76 bits per heavy atom. The minimum absolute atomic E-state index is 0.162. The van der Waals surface area contributed by atoms with E-state index in [2.05, 4.69) is 16.0 Å². The Morgan fingerprint density at radius 3 is 2.45 bits per heavy atom. The van der Waals surface area contributed by atoms with Gasteiger partial charge in [0.2, 0.25) is 11.8 Å². The Hall–Kier alpha value is -3.03. The quantitative estimate of drug-likeness (QED) is 0.409. The number of hydrogen-bond acceptors (Lipinski definition) is 5. The molecule has 0 radical (unpaired) electrons. The standard InChI is InChI=1S/C21H31N3O5/c1-21(2,3)29-20(27)24-14-11-19(26)23-13-6-12-22-18(25)10-9-16-7-5-8-17(15-16)28-4/h5,7-10,15H,6,11-14H2,1-4H3,(H,22,25)(H,23,26)(H,24,27)/b10-9+. The highest BCUT2D eigenvalue weighted by molar-refractivity contribution is 5.91. The van der Waals surface area contributed by atoms with Crippen LogP contribution in [-0.4, -0.2) is 50.3 Å². The lowest BCUT2D eigenvalue weighted by molar-refractivity contribution is -0.120. The first-order valence-corrected chi connectivity index (χ1v) is 9.53. The zero-order valence-corrected chi connectivity index (χ0v) is 17.5. The number of ether oxygens (including phenoxy) is 2. The van der Waals surface area contributed by atoms with Gasteiger partial charge in [-0.2, -0.15) is 0 Å². The third kappa shape index (κ3) is 12.1. The van der Waals surface area contributed by atoms with Gasteiger partial charge in [-0.1, -0.05) is 12.1 Å². The van der Waals surface area contributed by atoms with E-state index in [9.17, 15) is 14.4 Å². The Kier molecular flexibility index (Phi) is 10.3. The van der Waals surface area contributed by atoms with Crippen LogP contribution in [0.1, 0.15) is 39.2 Å². The maximum absolute atomic E-state index is 11.8. The average molecular weight is 405 g/mol. The fourth-order valence-electron chi connectivity index (χ4n) is 2.18. The van der Waals surface area contributed by atoms with Gasteiger partial charge in [-0.25, -0.2) is 4.79 Å². The Morgan fingerprint density at radius 1 is 1.03 bits per heavy atom. The molecule has 8 heteroatoms. The van der Waals surface area contributed by atoms with Crippen molar-refractivity contribution in [3.63, 3.8) is 0 Å². The number of rotatable bonds is 10.